The number of aryl methyl sites for hydroxylation is 1. The first-order chi connectivity index (χ1) is 11.5. The molecule has 0 bridgehead atoms. The minimum absolute atomic E-state index is 0.0389. The number of nitrogens with one attached hydrogen (secondary N) is 2. The van der Waals surface area contributed by atoms with Gasteiger partial charge in [-0.15, -0.1) is 0 Å². The van der Waals surface area contributed by atoms with Gasteiger partial charge in [0.15, 0.2) is 0 Å². The third-order valence-corrected chi connectivity index (χ3v) is 4.98. The summed E-state index contributed by atoms with van der Waals surface area (Å²) in [4.78, 5) is 28.6. The molecule has 1 fully saturated rings. The number of benzene rings is 1. The second-order valence-corrected chi connectivity index (χ2v) is 6.56. The molecule has 1 aromatic heterocycles. The quantitative estimate of drug-likeness (QED) is 0.695. The summed E-state index contributed by atoms with van der Waals surface area (Å²) in [6, 6.07) is 5.72. The van der Waals surface area contributed by atoms with Gasteiger partial charge in [0.2, 0.25) is 11.7 Å². The van der Waals surface area contributed by atoms with Gasteiger partial charge < -0.3 is 20.4 Å². The molecule has 128 valence electrons. The Hall–Kier alpha value is -2.34. The molecule has 0 radical (unpaired) electrons. The lowest BCUT2D eigenvalue weighted by Gasteiger charge is -2.27. The van der Waals surface area contributed by atoms with Crippen LogP contribution in [0.3, 0.4) is 0 Å². The van der Waals surface area contributed by atoms with E-state index in [-0.39, 0.29) is 17.6 Å². The number of amides is 1. The van der Waals surface area contributed by atoms with Crippen LogP contribution in [0.4, 0.5) is 0 Å². The highest BCUT2D eigenvalue weighted by atomic mass is 16.5. The maximum absolute atomic E-state index is 12.9. The van der Waals surface area contributed by atoms with Crippen molar-refractivity contribution in [3.63, 3.8) is 0 Å². The van der Waals surface area contributed by atoms with Gasteiger partial charge in [0.05, 0.1) is 25.8 Å². The Kier molecular flexibility index (Phi) is 4.57. The van der Waals surface area contributed by atoms with E-state index in [0.29, 0.717) is 6.54 Å². The number of rotatable bonds is 5. The van der Waals surface area contributed by atoms with Crippen molar-refractivity contribution in [3.8, 4) is 5.75 Å². The van der Waals surface area contributed by atoms with Crippen molar-refractivity contribution in [1.82, 2.24) is 4.98 Å². The number of quaternary nitrogens is 1. The van der Waals surface area contributed by atoms with Crippen LogP contribution in [0.5, 0.6) is 5.75 Å². The van der Waals surface area contributed by atoms with Gasteiger partial charge in [0.25, 0.3) is 0 Å². The van der Waals surface area contributed by atoms with E-state index in [1.165, 1.54) is 4.90 Å². The van der Waals surface area contributed by atoms with E-state index in [2.05, 4.69) is 4.98 Å². The summed E-state index contributed by atoms with van der Waals surface area (Å²) in [5, 5.41) is 0.906. The van der Waals surface area contributed by atoms with E-state index in [1.54, 1.807) is 7.11 Å². The maximum atomic E-state index is 12.9. The molecular formula is C18H24N3O3+. The van der Waals surface area contributed by atoms with Crippen LogP contribution in [0.15, 0.2) is 18.2 Å². The van der Waals surface area contributed by atoms with E-state index < -0.39 is 0 Å². The lowest BCUT2D eigenvalue weighted by atomic mass is 9.96. The average Bonchev–Trinajstić information content (AvgIpc) is 2.90. The van der Waals surface area contributed by atoms with Gasteiger partial charge >= 0.3 is 0 Å². The van der Waals surface area contributed by atoms with Gasteiger partial charge in [-0.1, -0.05) is 0 Å². The van der Waals surface area contributed by atoms with Crippen LogP contribution in [-0.4, -0.2) is 43.4 Å². The van der Waals surface area contributed by atoms with Gasteiger partial charge in [0.1, 0.15) is 12.3 Å². The van der Waals surface area contributed by atoms with E-state index in [4.69, 9.17) is 10.5 Å². The van der Waals surface area contributed by atoms with Crippen molar-refractivity contribution in [3.05, 3.63) is 29.5 Å². The summed E-state index contributed by atoms with van der Waals surface area (Å²) >= 11 is 0. The smallest absolute Gasteiger partial charge is 0.220 e. The number of ether oxygens (including phenoxy) is 1. The molecule has 4 N–H and O–H groups in total. The molecule has 0 aliphatic carbocycles. The molecule has 0 atom stereocenters. The Labute approximate surface area is 141 Å². The highest BCUT2D eigenvalue weighted by Crippen LogP contribution is 2.26. The van der Waals surface area contributed by atoms with E-state index >= 15 is 0 Å². The number of methoxy groups -OCH3 is 1. The molecule has 6 nitrogen and oxygen atoms in total. The summed E-state index contributed by atoms with van der Waals surface area (Å²) < 4.78 is 5.28. The van der Waals surface area contributed by atoms with Crippen molar-refractivity contribution in [2.24, 2.45) is 11.7 Å². The third-order valence-electron chi connectivity index (χ3n) is 4.98. The number of hydrogen-bond acceptors (Lipinski definition) is 3. The highest BCUT2D eigenvalue weighted by molar-refractivity contribution is 6.10. The lowest BCUT2D eigenvalue weighted by Crippen LogP contribution is -3.14. The van der Waals surface area contributed by atoms with E-state index in [0.717, 1.165) is 53.8 Å². The summed E-state index contributed by atoms with van der Waals surface area (Å²) in [6.45, 7) is 3.99. The SMILES string of the molecule is COc1ccc2[nH]c(C)c(C(=O)C[NH+]3CCC(C(N)=O)CC3)c2c1. The molecule has 1 aromatic carbocycles. The standard InChI is InChI=1S/C18H23N3O3/c1-11-17(14-9-13(24-2)3-4-15(14)20-11)16(22)10-21-7-5-12(6-8-21)18(19)23/h3-4,9,12,20H,5-8,10H2,1-2H3,(H2,19,23)/p+1. The molecule has 0 unspecified atom stereocenters. The summed E-state index contributed by atoms with van der Waals surface area (Å²) in [5.41, 5.74) is 7.94. The minimum Gasteiger partial charge on any atom is -0.497 e. The van der Waals surface area contributed by atoms with Crippen LogP contribution in [-0.2, 0) is 4.79 Å². The van der Waals surface area contributed by atoms with Gasteiger partial charge in [-0.2, -0.15) is 0 Å². The number of fused-ring (bicyclic) bond motifs is 1. The molecule has 1 aliphatic rings. The van der Waals surface area contributed by atoms with Crippen LogP contribution in [0.2, 0.25) is 0 Å². The Morgan fingerprint density at radius 3 is 2.67 bits per heavy atom. The number of nitrogens with two attached hydrogens (primary N) is 1. The molecule has 3 rings (SSSR count). The molecule has 24 heavy (non-hydrogen) atoms. The fourth-order valence-corrected chi connectivity index (χ4v) is 3.59. The normalized spacial score (nSPS) is 20.9. The number of carbonyl (C=O) groups excluding carboxylic acids is 2. The summed E-state index contributed by atoms with van der Waals surface area (Å²) in [6.07, 6.45) is 1.53. The number of Topliss-reactive ketones (excluding diaryl/α,β-unsaturated/α-hetero) is 1. The zero-order valence-electron chi connectivity index (χ0n) is 14.1. The molecule has 1 amide bonds. The number of ketones is 1. The van der Waals surface area contributed by atoms with Crippen molar-refractivity contribution >= 4 is 22.6 Å². The van der Waals surface area contributed by atoms with Crippen molar-refractivity contribution < 1.29 is 19.2 Å². The van der Waals surface area contributed by atoms with Crippen LogP contribution in [0.1, 0.15) is 28.9 Å². The van der Waals surface area contributed by atoms with Gasteiger partial charge in [-0.3, -0.25) is 9.59 Å². The van der Waals surface area contributed by atoms with Crippen molar-refractivity contribution in [2.45, 2.75) is 19.8 Å². The fraction of sp³-hybridized carbons (Fsp3) is 0.444. The molecular weight excluding hydrogens is 306 g/mol. The van der Waals surface area contributed by atoms with Gasteiger partial charge in [0, 0.05) is 35.4 Å². The first-order valence-corrected chi connectivity index (χ1v) is 8.32. The highest BCUT2D eigenvalue weighted by Gasteiger charge is 2.28. The lowest BCUT2D eigenvalue weighted by molar-refractivity contribution is -0.897. The monoisotopic (exact) mass is 330 g/mol. The Bertz CT molecular complexity index is 773. The third kappa shape index (κ3) is 3.14. The summed E-state index contributed by atoms with van der Waals surface area (Å²) in [7, 11) is 1.62. The first kappa shape index (κ1) is 16.5. The van der Waals surface area contributed by atoms with Crippen LogP contribution in [0.25, 0.3) is 10.9 Å². The number of hydrogen-bond donors (Lipinski definition) is 3. The zero-order valence-corrected chi connectivity index (χ0v) is 14.1. The predicted octanol–water partition coefficient (Wildman–Crippen LogP) is 0.448. The Balaban J connectivity index is 1.77. The number of aromatic nitrogens is 1. The van der Waals surface area contributed by atoms with Gasteiger partial charge in [-0.25, -0.2) is 0 Å². The molecule has 1 saturated heterocycles. The molecule has 2 aromatic rings. The summed E-state index contributed by atoms with van der Waals surface area (Å²) in [5.74, 6) is 0.604. The number of carbonyl (C=O) groups is 2. The Morgan fingerprint density at radius 1 is 1.33 bits per heavy atom. The number of H-pyrrole nitrogens is 1. The van der Waals surface area contributed by atoms with Gasteiger partial charge in [-0.05, 0) is 25.1 Å². The van der Waals surface area contributed by atoms with Crippen molar-refractivity contribution in [2.75, 3.05) is 26.7 Å². The maximum Gasteiger partial charge on any atom is 0.220 e. The number of aromatic amines is 1. The topological polar surface area (TPSA) is 89.6 Å². The second kappa shape index (κ2) is 6.65. The molecule has 0 saturated carbocycles. The predicted molar refractivity (Wildman–Crippen MR) is 91.4 cm³/mol. The fourth-order valence-electron chi connectivity index (χ4n) is 3.59. The molecule has 1 aliphatic heterocycles. The first-order valence-electron chi connectivity index (χ1n) is 8.32. The van der Waals surface area contributed by atoms with Crippen LogP contribution < -0.4 is 15.4 Å². The molecule has 2 heterocycles. The van der Waals surface area contributed by atoms with Crippen molar-refractivity contribution in [1.29, 1.82) is 0 Å². The average molecular weight is 330 g/mol. The molecule has 0 spiro atoms. The van der Waals surface area contributed by atoms with Crippen LogP contribution in [0, 0.1) is 12.8 Å². The molecule has 6 heteroatoms. The minimum atomic E-state index is -0.222. The number of likely N-dealkylation sites (tertiary alicyclic amines) is 1. The largest absolute Gasteiger partial charge is 0.497 e. The number of piperidine rings is 1. The zero-order chi connectivity index (χ0) is 17.3. The van der Waals surface area contributed by atoms with Crippen LogP contribution >= 0.6 is 0 Å². The number of primary amides is 1. The second-order valence-electron chi connectivity index (χ2n) is 6.56. The Morgan fingerprint density at radius 2 is 2.04 bits per heavy atom. The van der Waals surface area contributed by atoms with E-state index in [9.17, 15) is 9.59 Å². The van der Waals surface area contributed by atoms with E-state index in [1.807, 2.05) is 25.1 Å².